The van der Waals surface area contributed by atoms with Gasteiger partial charge in [-0.05, 0) is 42.8 Å². The molecule has 3 rings (SSSR count). The van der Waals surface area contributed by atoms with Gasteiger partial charge in [0.1, 0.15) is 11.3 Å². The highest BCUT2D eigenvalue weighted by Gasteiger charge is 2.11. The van der Waals surface area contributed by atoms with Crippen molar-refractivity contribution < 1.29 is 4.42 Å². The summed E-state index contributed by atoms with van der Waals surface area (Å²) in [5, 5.41) is 4.56. The highest BCUT2D eigenvalue weighted by atomic mass is 79.9. The molecule has 1 unspecified atom stereocenters. The molecule has 0 saturated carbocycles. The van der Waals surface area contributed by atoms with Gasteiger partial charge >= 0.3 is 0 Å². The van der Waals surface area contributed by atoms with Crippen LogP contribution < -0.4 is 5.32 Å². The minimum Gasteiger partial charge on any atom is -0.459 e. The summed E-state index contributed by atoms with van der Waals surface area (Å²) in [6.07, 6.45) is 3.65. The van der Waals surface area contributed by atoms with Crippen molar-refractivity contribution in [3.8, 4) is 0 Å². The summed E-state index contributed by atoms with van der Waals surface area (Å²) in [5.41, 5.74) is 2.08. The lowest BCUT2D eigenvalue weighted by molar-refractivity contribution is 0.450. The zero-order valence-electron chi connectivity index (χ0n) is 11.1. The molecule has 3 aromatic rings. The summed E-state index contributed by atoms with van der Waals surface area (Å²) in [4.78, 5) is 4.11. The number of nitrogens with one attached hydrogen (secondary N) is 1. The molecule has 0 aliphatic carbocycles. The predicted molar refractivity (Wildman–Crippen MR) is 83.4 cm³/mol. The Hall–Kier alpha value is -1.65. The number of benzene rings is 1. The van der Waals surface area contributed by atoms with E-state index in [1.165, 1.54) is 5.56 Å². The molecule has 2 aromatic heterocycles. The van der Waals surface area contributed by atoms with Crippen molar-refractivity contribution in [3.63, 3.8) is 0 Å². The van der Waals surface area contributed by atoms with E-state index in [0.717, 1.165) is 27.7 Å². The Morgan fingerprint density at radius 1 is 1.30 bits per heavy atom. The van der Waals surface area contributed by atoms with E-state index >= 15 is 0 Å². The van der Waals surface area contributed by atoms with E-state index in [9.17, 15) is 0 Å². The molecule has 0 spiro atoms. The smallest absolute Gasteiger partial charge is 0.134 e. The van der Waals surface area contributed by atoms with Crippen LogP contribution in [-0.2, 0) is 6.54 Å². The van der Waals surface area contributed by atoms with Crippen LogP contribution in [0, 0.1) is 0 Å². The first kappa shape index (κ1) is 13.3. The second-order valence-electron chi connectivity index (χ2n) is 4.79. The lowest BCUT2D eigenvalue weighted by Gasteiger charge is -2.10. The maximum atomic E-state index is 5.87. The van der Waals surface area contributed by atoms with Crippen LogP contribution in [0.2, 0.25) is 0 Å². The molecule has 1 aromatic carbocycles. The Morgan fingerprint density at radius 2 is 2.20 bits per heavy atom. The van der Waals surface area contributed by atoms with Crippen LogP contribution in [0.15, 0.2) is 57.7 Å². The first-order valence-corrected chi connectivity index (χ1v) is 7.33. The van der Waals surface area contributed by atoms with Crippen molar-refractivity contribution >= 4 is 26.9 Å². The van der Waals surface area contributed by atoms with E-state index in [4.69, 9.17) is 4.42 Å². The fourth-order valence-corrected chi connectivity index (χ4v) is 2.50. The molecular formula is C16H15BrN2O. The third-order valence-electron chi connectivity index (χ3n) is 3.26. The second kappa shape index (κ2) is 5.77. The van der Waals surface area contributed by atoms with Crippen molar-refractivity contribution in [3.05, 3.63) is 64.6 Å². The molecule has 20 heavy (non-hydrogen) atoms. The standard InChI is InChI=1S/C16H15BrN2O/c1-11(19-10-12-3-2-6-18-9-12)16-8-13-7-14(17)4-5-15(13)20-16/h2-9,11,19H,10H2,1H3. The molecular weight excluding hydrogens is 316 g/mol. The van der Waals surface area contributed by atoms with Crippen molar-refractivity contribution in [1.29, 1.82) is 0 Å². The summed E-state index contributed by atoms with van der Waals surface area (Å²) in [6.45, 7) is 2.87. The zero-order valence-corrected chi connectivity index (χ0v) is 12.7. The average molecular weight is 331 g/mol. The predicted octanol–water partition coefficient (Wildman–Crippen LogP) is 4.44. The van der Waals surface area contributed by atoms with Gasteiger partial charge in [0.05, 0.1) is 6.04 Å². The maximum Gasteiger partial charge on any atom is 0.134 e. The largest absolute Gasteiger partial charge is 0.459 e. The topological polar surface area (TPSA) is 38.1 Å². The van der Waals surface area contributed by atoms with Crippen LogP contribution in [0.5, 0.6) is 0 Å². The number of hydrogen-bond donors (Lipinski definition) is 1. The van der Waals surface area contributed by atoms with E-state index in [1.807, 2.05) is 24.4 Å². The Labute approximate surface area is 126 Å². The Kier molecular flexibility index (Phi) is 3.85. The molecule has 0 aliphatic rings. The van der Waals surface area contributed by atoms with Crippen LogP contribution in [0.1, 0.15) is 24.3 Å². The molecule has 4 heteroatoms. The molecule has 0 amide bonds. The van der Waals surface area contributed by atoms with Crippen LogP contribution in [0.25, 0.3) is 11.0 Å². The summed E-state index contributed by atoms with van der Waals surface area (Å²) in [5.74, 6) is 0.946. The van der Waals surface area contributed by atoms with E-state index in [0.29, 0.717) is 0 Å². The highest BCUT2D eigenvalue weighted by Crippen LogP contribution is 2.26. The van der Waals surface area contributed by atoms with E-state index in [1.54, 1.807) is 6.20 Å². The first-order valence-electron chi connectivity index (χ1n) is 6.53. The van der Waals surface area contributed by atoms with Gasteiger partial charge < -0.3 is 9.73 Å². The van der Waals surface area contributed by atoms with Crippen LogP contribution in [-0.4, -0.2) is 4.98 Å². The van der Waals surface area contributed by atoms with Crippen molar-refractivity contribution in [2.75, 3.05) is 0 Å². The third kappa shape index (κ3) is 2.92. The van der Waals surface area contributed by atoms with Gasteiger partial charge in [-0.3, -0.25) is 4.98 Å². The average Bonchev–Trinajstić information content (AvgIpc) is 2.89. The Morgan fingerprint density at radius 3 is 3.00 bits per heavy atom. The second-order valence-corrected chi connectivity index (χ2v) is 5.71. The molecule has 102 valence electrons. The van der Waals surface area contributed by atoms with E-state index < -0.39 is 0 Å². The summed E-state index contributed by atoms with van der Waals surface area (Å²) in [6, 6.07) is 12.3. The van der Waals surface area contributed by atoms with Gasteiger partial charge in [0.25, 0.3) is 0 Å². The molecule has 1 atom stereocenters. The number of pyridine rings is 1. The van der Waals surface area contributed by atoms with Crippen LogP contribution in [0.3, 0.4) is 0 Å². The lowest BCUT2D eigenvalue weighted by atomic mass is 10.2. The van der Waals surface area contributed by atoms with Gasteiger partial charge in [0.2, 0.25) is 0 Å². The molecule has 2 heterocycles. The summed E-state index contributed by atoms with van der Waals surface area (Å²) >= 11 is 3.48. The van der Waals surface area contributed by atoms with Gasteiger partial charge in [-0.15, -0.1) is 0 Å². The van der Waals surface area contributed by atoms with Gasteiger partial charge in [-0.1, -0.05) is 22.0 Å². The molecule has 0 fully saturated rings. The number of halogens is 1. The number of nitrogens with zero attached hydrogens (tertiary/aromatic N) is 1. The third-order valence-corrected chi connectivity index (χ3v) is 3.75. The zero-order chi connectivity index (χ0) is 13.9. The SMILES string of the molecule is CC(NCc1cccnc1)c1cc2cc(Br)ccc2o1. The normalized spacial score (nSPS) is 12.7. The fraction of sp³-hybridized carbons (Fsp3) is 0.188. The summed E-state index contributed by atoms with van der Waals surface area (Å²) < 4.78 is 6.94. The number of aromatic nitrogens is 1. The van der Waals surface area contributed by atoms with E-state index in [-0.39, 0.29) is 6.04 Å². The first-order chi connectivity index (χ1) is 9.72. The minimum absolute atomic E-state index is 0.154. The molecule has 1 N–H and O–H groups in total. The number of rotatable bonds is 4. The van der Waals surface area contributed by atoms with Gasteiger partial charge in [0.15, 0.2) is 0 Å². The number of fused-ring (bicyclic) bond motifs is 1. The van der Waals surface area contributed by atoms with Crippen molar-refractivity contribution in [2.24, 2.45) is 0 Å². The van der Waals surface area contributed by atoms with Gasteiger partial charge in [-0.25, -0.2) is 0 Å². The van der Waals surface area contributed by atoms with Crippen molar-refractivity contribution in [2.45, 2.75) is 19.5 Å². The number of furan rings is 1. The van der Waals surface area contributed by atoms with Gasteiger partial charge in [-0.2, -0.15) is 0 Å². The van der Waals surface area contributed by atoms with E-state index in [2.05, 4.69) is 51.4 Å². The molecule has 3 nitrogen and oxygen atoms in total. The maximum absolute atomic E-state index is 5.87. The molecule has 0 aliphatic heterocycles. The van der Waals surface area contributed by atoms with Crippen LogP contribution >= 0.6 is 15.9 Å². The lowest BCUT2D eigenvalue weighted by Crippen LogP contribution is -2.17. The monoisotopic (exact) mass is 330 g/mol. The van der Waals surface area contributed by atoms with Crippen LogP contribution in [0.4, 0.5) is 0 Å². The fourth-order valence-electron chi connectivity index (χ4n) is 2.12. The number of hydrogen-bond acceptors (Lipinski definition) is 3. The Balaban J connectivity index is 1.73. The van der Waals surface area contributed by atoms with Crippen molar-refractivity contribution in [1.82, 2.24) is 10.3 Å². The molecule has 0 saturated heterocycles. The minimum atomic E-state index is 0.154. The molecule has 0 radical (unpaired) electrons. The summed E-state index contributed by atoms with van der Waals surface area (Å²) in [7, 11) is 0. The molecule has 0 bridgehead atoms. The van der Waals surface area contributed by atoms with Gasteiger partial charge in [0, 0.05) is 28.8 Å². The highest BCUT2D eigenvalue weighted by molar-refractivity contribution is 9.10. The Bertz CT molecular complexity index is 709. The quantitative estimate of drug-likeness (QED) is 0.768.